The van der Waals surface area contributed by atoms with Crippen LogP contribution in [-0.2, 0) is 19.6 Å². The normalized spacial score (nSPS) is 19.9. The molecule has 1 atom stereocenters. The van der Waals surface area contributed by atoms with Crippen molar-refractivity contribution in [2.24, 2.45) is 0 Å². The standard InChI is InChI=1S/C17H23N3O6S/c1-3-25-17(22)19-10-8-18(9-11-19)16(21)15-12-20(27(2,23)24)13-6-4-5-7-14(13)26-15/h4-7,15H,3,8-12H2,1-2H3/t15-/m1/s1. The molecule has 10 heteroatoms. The quantitative estimate of drug-likeness (QED) is 0.738. The van der Waals surface area contributed by atoms with E-state index in [2.05, 4.69) is 0 Å². The van der Waals surface area contributed by atoms with Gasteiger partial charge >= 0.3 is 6.09 Å². The average molecular weight is 397 g/mol. The molecule has 0 bridgehead atoms. The van der Waals surface area contributed by atoms with E-state index in [1.807, 2.05) is 0 Å². The van der Waals surface area contributed by atoms with E-state index in [9.17, 15) is 18.0 Å². The number of benzene rings is 1. The molecule has 0 saturated carbocycles. The van der Waals surface area contributed by atoms with E-state index in [0.717, 1.165) is 6.26 Å². The zero-order valence-corrected chi connectivity index (χ0v) is 16.1. The second-order valence-electron chi connectivity index (χ2n) is 6.38. The van der Waals surface area contributed by atoms with Crippen LogP contribution >= 0.6 is 0 Å². The Bertz CT molecular complexity index is 820. The maximum Gasteiger partial charge on any atom is 0.409 e. The van der Waals surface area contributed by atoms with Gasteiger partial charge in [0.25, 0.3) is 5.91 Å². The van der Waals surface area contributed by atoms with Gasteiger partial charge in [-0.15, -0.1) is 0 Å². The molecule has 1 aromatic rings. The number of fused-ring (bicyclic) bond motifs is 1. The van der Waals surface area contributed by atoms with E-state index >= 15 is 0 Å². The first kappa shape index (κ1) is 19.3. The summed E-state index contributed by atoms with van der Waals surface area (Å²) in [6, 6.07) is 6.74. The predicted octanol–water partition coefficient (Wildman–Crippen LogP) is 0.514. The molecule has 9 nitrogen and oxygen atoms in total. The first-order valence-electron chi connectivity index (χ1n) is 8.75. The Labute approximate surface area is 158 Å². The SMILES string of the molecule is CCOC(=O)N1CCN(C(=O)[C@H]2CN(S(C)(=O)=O)c3ccccc3O2)CC1. The molecule has 0 spiro atoms. The van der Waals surface area contributed by atoms with Crippen LogP contribution in [0.5, 0.6) is 5.75 Å². The lowest BCUT2D eigenvalue weighted by Crippen LogP contribution is -2.57. The van der Waals surface area contributed by atoms with Crippen LogP contribution in [0.15, 0.2) is 24.3 Å². The lowest BCUT2D eigenvalue weighted by molar-refractivity contribution is -0.140. The predicted molar refractivity (Wildman–Crippen MR) is 98.2 cm³/mol. The van der Waals surface area contributed by atoms with E-state index in [-0.39, 0.29) is 12.5 Å². The molecule has 2 heterocycles. The fraction of sp³-hybridized carbons (Fsp3) is 0.529. The molecule has 2 aliphatic heterocycles. The van der Waals surface area contributed by atoms with Gasteiger partial charge in [0.1, 0.15) is 5.75 Å². The van der Waals surface area contributed by atoms with Gasteiger partial charge in [0.15, 0.2) is 6.10 Å². The summed E-state index contributed by atoms with van der Waals surface area (Å²) in [6.07, 6.45) is -0.214. The molecule has 0 aliphatic carbocycles. The van der Waals surface area contributed by atoms with Crippen molar-refractivity contribution in [3.05, 3.63) is 24.3 Å². The van der Waals surface area contributed by atoms with Gasteiger partial charge < -0.3 is 19.3 Å². The van der Waals surface area contributed by atoms with Gasteiger partial charge in [0, 0.05) is 26.2 Å². The molecule has 27 heavy (non-hydrogen) atoms. The summed E-state index contributed by atoms with van der Waals surface area (Å²) in [5, 5.41) is 0. The summed E-state index contributed by atoms with van der Waals surface area (Å²) in [4.78, 5) is 27.8. The van der Waals surface area contributed by atoms with Crippen LogP contribution < -0.4 is 9.04 Å². The fourth-order valence-corrected chi connectivity index (χ4v) is 4.09. The summed E-state index contributed by atoms with van der Waals surface area (Å²) in [5.74, 6) is 0.0688. The molecule has 0 unspecified atom stereocenters. The average Bonchev–Trinajstić information content (AvgIpc) is 2.66. The van der Waals surface area contributed by atoms with Crippen molar-refractivity contribution >= 4 is 27.7 Å². The largest absolute Gasteiger partial charge is 0.476 e. The van der Waals surface area contributed by atoms with Crippen LogP contribution in [0.2, 0.25) is 0 Å². The Balaban J connectivity index is 1.70. The Kier molecular flexibility index (Phi) is 5.45. The number of sulfonamides is 1. The molecular formula is C17H23N3O6S. The van der Waals surface area contributed by atoms with Crippen molar-refractivity contribution in [3.63, 3.8) is 0 Å². The third-order valence-electron chi connectivity index (χ3n) is 4.53. The molecule has 0 aromatic heterocycles. The highest BCUT2D eigenvalue weighted by Crippen LogP contribution is 2.35. The van der Waals surface area contributed by atoms with Crippen LogP contribution in [0, 0.1) is 0 Å². The van der Waals surface area contributed by atoms with Crippen molar-refractivity contribution in [2.75, 3.05) is 49.9 Å². The number of anilines is 1. The highest BCUT2D eigenvalue weighted by molar-refractivity contribution is 7.92. The van der Waals surface area contributed by atoms with E-state index < -0.39 is 22.2 Å². The summed E-state index contributed by atoms with van der Waals surface area (Å²) in [5.41, 5.74) is 0.427. The van der Waals surface area contributed by atoms with Gasteiger partial charge in [0.2, 0.25) is 10.0 Å². The molecule has 3 rings (SSSR count). The number of para-hydroxylation sites is 2. The molecule has 0 N–H and O–H groups in total. The maximum absolute atomic E-state index is 12.9. The smallest absolute Gasteiger partial charge is 0.409 e. The second-order valence-corrected chi connectivity index (χ2v) is 8.29. The van der Waals surface area contributed by atoms with Crippen molar-refractivity contribution < 1.29 is 27.5 Å². The Morgan fingerprint density at radius 2 is 1.78 bits per heavy atom. The topological polar surface area (TPSA) is 96.5 Å². The third kappa shape index (κ3) is 4.10. The minimum atomic E-state index is -3.55. The van der Waals surface area contributed by atoms with E-state index in [4.69, 9.17) is 9.47 Å². The number of piperazine rings is 1. The number of amides is 2. The molecule has 2 amide bonds. The minimum Gasteiger partial charge on any atom is -0.476 e. The summed E-state index contributed by atoms with van der Waals surface area (Å²) in [7, 11) is -3.55. The van der Waals surface area contributed by atoms with Crippen LogP contribution in [0.4, 0.5) is 10.5 Å². The fourth-order valence-electron chi connectivity index (χ4n) is 3.17. The van der Waals surface area contributed by atoms with Crippen molar-refractivity contribution in [1.82, 2.24) is 9.80 Å². The van der Waals surface area contributed by atoms with E-state index in [1.54, 1.807) is 41.0 Å². The Hall–Kier alpha value is -2.49. The zero-order valence-electron chi connectivity index (χ0n) is 15.3. The zero-order chi connectivity index (χ0) is 19.6. The lowest BCUT2D eigenvalue weighted by Gasteiger charge is -2.39. The van der Waals surface area contributed by atoms with Crippen LogP contribution in [0.3, 0.4) is 0 Å². The van der Waals surface area contributed by atoms with Gasteiger partial charge in [-0.25, -0.2) is 13.2 Å². The summed E-state index contributed by atoms with van der Waals surface area (Å²) in [6.45, 7) is 3.38. The third-order valence-corrected chi connectivity index (χ3v) is 5.67. The molecule has 0 radical (unpaired) electrons. The van der Waals surface area contributed by atoms with Crippen molar-refractivity contribution in [3.8, 4) is 5.75 Å². The number of carbonyl (C=O) groups excluding carboxylic acids is 2. The number of carbonyl (C=O) groups is 2. The summed E-state index contributed by atoms with van der Waals surface area (Å²) >= 11 is 0. The van der Waals surface area contributed by atoms with Gasteiger partial charge in [-0.1, -0.05) is 12.1 Å². The van der Waals surface area contributed by atoms with Crippen LogP contribution in [0.1, 0.15) is 6.92 Å². The number of hydrogen-bond acceptors (Lipinski definition) is 6. The monoisotopic (exact) mass is 397 g/mol. The number of rotatable bonds is 3. The molecule has 148 valence electrons. The second kappa shape index (κ2) is 7.63. The highest BCUT2D eigenvalue weighted by Gasteiger charge is 2.38. The van der Waals surface area contributed by atoms with Gasteiger partial charge in [-0.3, -0.25) is 9.10 Å². The van der Waals surface area contributed by atoms with Gasteiger partial charge in [-0.05, 0) is 19.1 Å². The molecule has 2 aliphatic rings. The number of nitrogens with zero attached hydrogens (tertiary/aromatic N) is 3. The maximum atomic E-state index is 12.9. The van der Waals surface area contributed by atoms with Gasteiger partial charge in [0.05, 0.1) is 25.1 Å². The Morgan fingerprint density at radius 3 is 2.41 bits per heavy atom. The van der Waals surface area contributed by atoms with E-state index in [1.165, 1.54) is 4.31 Å². The Morgan fingerprint density at radius 1 is 1.15 bits per heavy atom. The lowest BCUT2D eigenvalue weighted by atomic mass is 10.2. The van der Waals surface area contributed by atoms with E-state index in [0.29, 0.717) is 44.2 Å². The van der Waals surface area contributed by atoms with Crippen LogP contribution in [0.25, 0.3) is 0 Å². The highest BCUT2D eigenvalue weighted by atomic mass is 32.2. The molecule has 1 aromatic carbocycles. The summed E-state index contributed by atoms with van der Waals surface area (Å²) < 4.78 is 36.3. The molecule has 1 fully saturated rings. The number of ether oxygens (including phenoxy) is 2. The first-order valence-corrected chi connectivity index (χ1v) is 10.6. The van der Waals surface area contributed by atoms with Gasteiger partial charge in [-0.2, -0.15) is 0 Å². The molecule has 1 saturated heterocycles. The van der Waals surface area contributed by atoms with Crippen LogP contribution in [-0.4, -0.2) is 81.9 Å². The minimum absolute atomic E-state index is 0.0766. The number of hydrogen-bond donors (Lipinski definition) is 0. The molecular weight excluding hydrogens is 374 g/mol. The first-order chi connectivity index (χ1) is 12.8. The van der Waals surface area contributed by atoms with Crippen molar-refractivity contribution in [2.45, 2.75) is 13.0 Å². The van der Waals surface area contributed by atoms with Crippen molar-refractivity contribution in [1.29, 1.82) is 0 Å².